The van der Waals surface area contributed by atoms with E-state index in [2.05, 4.69) is 20.6 Å². The number of aromatic nitrogens is 2. The number of nitrogens with one attached hydrogen (secondary N) is 3. The molecule has 0 bridgehead atoms. The number of aromatic amines is 1. The lowest BCUT2D eigenvalue weighted by atomic mass is 10.0. The van der Waals surface area contributed by atoms with E-state index in [1.54, 1.807) is 0 Å². The molecular weight excluding hydrogens is 316 g/mol. The SMILES string of the molecule is CCc1cc(=O)[nH]c(-c2cccc(NC(=O)CCC3CCNC3)c2)n1. The first kappa shape index (κ1) is 17.4. The molecule has 1 amide bonds. The van der Waals surface area contributed by atoms with Crippen LogP contribution in [0.4, 0.5) is 5.69 Å². The normalized spacial score (nSPS) is 16.8. The van der Waals surface area contributed by atoms with Gasteiger partial charge in [0.05, 0.1) is 0 Å². The largest absolute Gasteiger partial charge is 0.326 e. The molecular formula is C19H24N4O2. The number of nitrogens with zero attached hydrogens (tertiary/aromatic N) is 1. The highest BCUT2D eigenvalue weighted by Gasteiger charge is 2.15. The molecule has 1 saturated heterocycles. The molecule has 0 saturated carbocycles. The Bertz CT molecular complexity index is 794. The van der Waals surface area contributed by atoms with Gasteiger partial charge in [-0.05, 0) is 50.4 Å². The van der Waals surface area contributed by atoms with Gasteiger partial charge in [0.25, 0.3) is 5.56 Å². The first-order valence-electron chi connectivity index (χ1n) is 8.85. The Morgan fingerprint density at radius 3 is 3.00 bits per heavy atom. The number of rotatable bonds is 6. The molecule has 1 fully saturated rings. The number of amides is 1. The van der Waals surface area contributed by atoms with E-state index in [-0.39, 0.29) is 11.5 Å². The number of carbonyl (C=O) groups is 1. The summed E-state index contributed by atoms with van der Waals surface area (Å²) >= 11 is 0. The van der Waals surface area contributed by atoms with Crippen molar-refractivity contribution in [3.05, 3.63) is 46.4 Å². The van der Waals surface area contributed by atoms with Crippen LogP contribution in [0.25, 0.3) is 11.4 Å². The molecule has 1 unspecified atom stereocenters. The van der Waals surface area contributed by atoms with Crippen molar-refractivity contribution in [3.8, 4) is 11.4 Å². The Morgan fingerprint density at radius 2 is 2.24 bits per heavy atom. The maximum absolute atomic E-state index is 12.2. The van der Waals surface area contributed by atoms with E-state index in [9.17, 15) is 9.59 Å². The van der Waals surface area contributed by atoms with Crippen molar-refractivity contribution < 1.29 is 4.79 Å². The monoisotopic (exact) mass is 340 g/mol. The van der Waals surface area contributed by atoms with Crippen molar-refractivity contribution in [3.63, 3.8) is 0 Å². The standard InChI is InChI=1S/C19H24N4O2/c1-2-15-11-18(25)23-19(22-15)14-4-3-5-16(10-14)21-17(24)7-6-13-8-9-20-12-13/h3-5,10-11,13,20H,2,6-9,12H2,1H3,(H,21,24)(H,22,23,25). The quantitative estimate of drug-likeness (QED) is 0.753. The van der Waals surface area contributed by atoms with E-state index < -0.39 is 0 Å². The summed E-state index contributed by atoms with van der Waals surface area (Å²) in [5.41, 5.74) is 2.08. The molecule has 1 aromatic carbocycles. The predicted octanol–water partition coefficient (Wildman–Crippen LogP) is 2.33. The Morgan fingerprint density at radius 1 is 1.36 bits per heavy atom. The van der Waals surface area contributed by atoms with Gasteiger partial charge in [0, 0.05) is 29.4 Å². The lowest BCUT2D eigenvalue weighted by Gasteiger charge is -2.10. The van der Waals surface area contributed by atoms with Crippen LogP contribution < -0.4 is 16.2 Å². The van der Waals surface area contributed by atoms with E-state index in [0.29, 0.717) is 24.6 Å². The van der Waals surface area contributed by atoms with Gasteiger partial charge in [-0.15, -0.1) is 0 Å². The van der Waals surface area contributed by atoms with Gasteiger partial charge in [0.1, 0.15) is 5.82 Å². The van der Waals surface area contributed by atoms with Gasteiger partial charge < -0.3 is 15.6 Å². The number of anilines is 1. The molecule has 0 radical (unpaired) electrons. The van der Waals surface area contributed by atoms with Crippen LogP contribution in [-0.2, 0) is 11.2 Å². The molecule has 1 aromatic heterocycles. The average Bonchev–Trinajstić information content (AvgIpc) is 3.13. The summed E-state index contributed by atoms with van der Waals surface area (Å²) in [4.78, 5) is 31.1. The fourth-order valence-electron chi connectivity index (χ4n) is 3.09. The second-order valence-electron chi connectivity index (χ2n) is 6.47. The molecule has 0 spiro atoms. The van der Waals surface area contributed by atoms with Crippen molar-refractivity contribution in [2.45, 2.75) is 32.6 Å². The summed E-state index contributed by atoms with van der Waals surface area (Å²) in [6, 6.07) is 8.92. The second-order valence-corrected chi connectivity index (χ2v) is 6.47. The summed E-state index contributed by atoms with van der Waals surface area (Å²) in [5, 5.41) is 6.26. The topological polar surface area (TPSA) is 86.9 Å². The molecule has 6 heteroatoms. The summed E-state index contributed by atoms with van der Waals surface area (Å²) in [6.07, 6.45) is 3.28. The van der Waals surface area contributed by atoms with Crippen molar-refractivity contribution in [2.75, 3.05) is 18.4 Å². The van der Waals surface area contributed by atoms with E-state index >= 15 is 0 Å². The summed E-state index contributed by atoms with van der Waals surface area (Å²) in [7, 11) is 0. The molecule has 0 aliphatic carbocycles. The number of aryl methyl sites for hydroxylation is 1. The van der Waals surface area contributed by atoms with Crippen molar-refractivity contribution >= 4 is 11.6 Å². The highest BCUT2D eigenvalue weighted by atomic mass is 16.1. The van der Waals surface area contributed by atoms with Crippen LogP contribution in [0.3, 0.4) is 0 Å². The molecule has 132 valence electrons. The van der Waals surface area contributed by atoms with Gasteiger partial charge >= 0.3 is 0 Å². The van der Waals surface area contributed by atoms with Gasteiger partial charge in [-0.2, -0.15) is 0 Å². The number of H-pyrrole nitrogens is 1. The van der Waals surface area contributed by atoms with Gasteiger partial charge in [-0.3, -0.25) is 9.59 Å². The van der Waals surface area contributed by atoms with Crippen molar-refractivity contribution in [1.29, 1.82) is 0 Å². The van der Waals surface area contributed by atoms with Gasteiger partial charge in [0.2, 0.25) is 5.91 Å². The van der Waals surface area contributed by atoms with Crippen molar-refractivity contribution in [2.24, 2.45) is 5.92 Å². The van der Waals surface area contributed by atoms with E-state index in [4.69, 9.17) is 0 Å². The fourth-order valence-corrected chi connectivity index (χ4v) is 3.09. The minimum absolute atomic E-state index is 0.0211. The van der Waals surface area contributed by atoms with Crippen LogP contribution >= 0.6 is 0 Å². The smallest absolute Gasteiger partial charge is 0.251 e. The first-order chi connectivity index (χ1) is 12.1. The fraction of sp³-hybridized carbons (Fsp3) is 0.421. The zero-order valence-electron chi connectivity index (χ0n) is 14.5. The molecule has 3 N–H and O–H groups in total. The Hall–Kier alpha value is -2.47. The van der Waals surface area contributed by atoms with Crippen LogP contribution in [0.2, 0.25) is 0 Å². The third kappa shape index (κ3) is 4.76. The zero-order chi connectivity index (χ0) is 17.6. The Balaban J connectivity index is 1.67. The predicted molar refractivity (Wildman–Crippen MR) is 98.5 cm³/mol. The number of carbonyl (C=O) groups excluding carboxylic acids is 1. The highest BCUT2D eigenvalue weighted by molar-refractivity contribution is 5.91. The lowest BCUT2D eigenvalue weighted by Crippen LogP contribution is -2.15. The second kappa shape index (κ2) is 8.07. The summed E-state index contributed by atoms with van der Waals surface area (Å²) in [6.45, 7) is 4.02. The minimum Gasteiger partial charge on any atom is -0.326 e. The maximum Gasteiger partial charge on any atom is 0.251 e. The van der Waals surface area contributed by atoms with Gasteiger partial charge in [0.15, 0.2) is 0 Å². The molecule has 3 rings (SSSR count). The third-order valence-electron chi connectivity index (χ3n) is 4.52. The highest BCUT2D eigenvalue weighted by Crippen LogP contribution is 2.20. The molecule has 1 aliphatic rings. The van der Waals surface area contributed by atoms with E-state index in [1.165, 1.54) is 6.07 Å². The van der Waals surface area contributed by atoms with E-state index in [0.717, 1.165) is 42.9 Å². The molecule has 1 aliphatic heterocycles. The first-order valence-corrected chi connectivity index (χ1v) is 8.85. The summed E-state index contributed by atoms with van der Waals surface area (Å²) in [5.74, 6) is 1.15. The lowest BCUT2D eigenvalue weighted by molar-refractivity contribution is -0.116. The molecule has 25 heavy (non-hydrogen) atoms. The van der Waals surface area contributed by atoms with Crippen LogP contribution in [-0.4, -0.2) is 29.0 Å². The van der Waals surface area contributed by atoms with E-state index in [1.807, 2.05) is 31.2 Å². The van der Waals surface area contributed by atoms with Crippen LogP contribution in [0.5, 0.6) is 0 Å². The number of hydrogen-bond acceptors (Lipinski definition) is 4. The Kier molecular flexibility index (Phi) is 5.60. The van der Waals surface area contributed by atoms with Gasteiger partial charge in [-0.25, -0.2) is 4.98 Å². The zero-order valence-corrected chi connectivity index (χ0v) is 14.5. The Labute approximate surface area is 147 Å². The van der Waals surface area contributed by atoms with Gasteiger partial charge in [-0.1, -0.05) is 19.1 Å². The molecule has 2 aromatic rings. The van der Waals surface area contributed by atoms with Crippen LogP contribution in [0.1, 0.15) is 31.9 Å². The maximum atomic E-state index is 12.2. The van der Waals surface area contributed by atoms with Crippen LogP contribution in [0.15, 0.2) is 35.1 Å². The minimum atomic E-state index is -0.165. The summed E-state index contributed by atoms with van der Waals surface area (Å²) < 4.78 is 0. The molecule has 1 atom stereocenters. The average molecular weight is 340 g/mol. The van der Waals surface area contributed by atoms with Crippen LogP contribution in [0, 0.1) is 5.92 Å². The molecule has 6 nitrogen and oxygen atoms in total. The number of hydrogen-bond donors (Lipinski definition) is 3. The third-order valence-corrected chi connectivity index (χ3v) is 4.52. The molecule has 2 heterocycles. The van der Waals surface area contributed by atoms with Crippen molar-refractivity contribution in [1.82, 2.24) is 15.3 Å². The number of benzene rings is 1.